The lowest BCUT2D eigenvalue weighted by atomic mass is 10.3. The second-order valence-corrected chi connectivity index (χ2v) is 8.35. The summed E-state index contributed by atoms with van der Waals surface area (Å²) >= 11 is 16.9. The first kappa shape index (κ1) is 19.8. The van der Waals surface area contributed by atoms with Crippen LogP contribution in [0, 0.1) is 0 Å². The number of aromatic nitrogens is 3. The van der Waals surface area contributed by atoms with Crippen LogP contribution in [0.2, 0.25) is 10.0 Å². The molecule has 0 aliphatic rings. The Labute approximate surface area is 187 Å². The van der Waals surface area contributed by atoms with Crippen molar-refractivity contribution in [2.45, 2.75) is 0 Å². The van der Waals surface area contributed by atoms with E-state index >= 15 is 0 Å². The van der Waals surface area contributed by atoms with E-state index < -0.39 is 5.91 Å². The van der Waals surface area contributed by atoms with E-state index in [1.165, 1.54) is 23.5 Å². The largest absolute Gasteiger partial charge is 0.436 e. The molecule has 146 valence electrons. The second-order valence-electron chi connectivity index (χ2n) is 5.62. The zero-order chi connectivity index (χ0) is 20.4. The number of halogens is 3. The molecule has 0 aliphatic heterocycles. The second kappa shape index (κ2) is 8.50. The Bertz CT molecular complexity index is 1200. The predicted octanol–water partition coefficient (Wildman–Crippen LogP) is 5.70. The van der Waals surface area contributed by atoms with Crippen molar-refractivity contribution < 1.29 is 9.53 Å². The molecule has 0 radical (unpaired) electrons. The molecule has 0 saturated carbocycles. The summed E-state index contributed by atoms with van der Waals surface area (Å²) in [6.45, 7) is 0. The van der Waals surface area contributed by atoms with Crippen molar-refractivity contribution in [1.82, 2.24) is 20.6 Å². The molecule has 4 rings (SSSR count). The number of rotatable bonds is 5. The Morgan fingerprint density at radius 1 is 1.10 bits per heavy atom. The van der Waals surface area contributed by atoms with E-state index in [9.17, 15) is 4.79 Å². The smallest absolute Gasteiger partial charge is 0.290 e. The van der Waals surface area contributed by atoms with E-state index in [2.05, 4.69) is 42.0 Å². The average molecular weight is 511 g/mol. The van der Waals surface area contributed by atoms with Gasteiger partial charge in [-0.3, -0.25) is 15.6 Å². The minimum atomic E-state index is -0.467. The Morgan fingerprint density at radius 3 is 2.76 bits per heavy atom. The lowest BCUT2D eigenvalue weighted by Gasteiger charge is -2.08. The van der Waals surface area contributed by atoms with Crippen molar-refractivity contribution in [1.29, 1.82) is 0 Å². The quantitative estimate of drug-likeness (QED) is 0.334. The number of hydrogen-bond acceptors (Lipinski definition) is 7. The van der Waals surface area contributed by atoms with Crippen LogP contribution in [0.3, 0.4) is 0 Å². The monoisotopic (exact) mass is 509 g/mol. The lowest BCUT2D eigenvalue weighted by Crippen LogP contribution is -2.30. The molecule has 2 N–H and O–H groups in total. The van der Waals surface area contributed by atoms with E-state index in [4.69, 9.17) is 27.9 Å². The number of hydrazine groups is 1. The molecule has 2 aromatic carbocycles. The predicted molar refractivity (Wildman–Crippen MR) is 117 cm³/mol. The molecule has 0 bridgehead atoms. The molecule has 0 spiro atoms. The fourth-order valence-corrected chi connectivity index (χ4v) is 4.00. The number of anilines is 1. The summed E-state index contributed by atoms with van der Waals surface area (Å²) in [5, 5.41) is 8.93. The van der Waals surface area contributed by atoms with Crippen LogP contribution in [0.1, 0.15) is 10.5 Å². The van der Waals surface area contributed by atoms with Crippen molar-refractivity contribution in [3.8, 4) is 11.6 Å². The molecule has 11 heteroatoms. The number of hydrogen-bond donors (Lipinski definition) is 2. The molecule has 1 amide bonds. The summed E-state index contributed by atoms with van der Waals surface area (Å²) in [7, 11) is 0. The van der Waals surface area contributed by atoms with Gasteiger partial charge in [-0.15, -0.1) is 10.2 Å². The number of nitrogens with zero attached hydrogens (tertiary/aromatic N) is 3. The zero-order valence-corrected chi connectivity index (χ0v) is 18.2. The first-order valence-corrected chi connectivity index (χ1v) is 10.4. The van der Waals surface area contributed by atoms with Gasteiger partial charge >= 0.3 is 0 Å². The van der Waals surface area contributed by atoms with Crippen molar-refractivity contribution in [3.63, 3.8) is 0 Å². The molecule has 0 saturated heterocycles. The van der Waals surface area contributed by atoms with Gasteiger partial charge < -0.3 is 4.74 Å². The molecule has 0 unspecified atom stereocenters. The van der Waals surface area contributed by atoms with Crippen LogP contribution in [0.4, 0.5) is 5.13 Å². The summed E-state index contributed by atoms with van der Waals surface area (Å²) in [5.41, 5.74) is 6.26. The van der Waals surface area contributed by atoms with Gasteiger partial charge in [-0.1, -0.05) is 56.5 Å². The van der Waals surface area contributed by atoms with E-state index in [0.717, 1.165) is 14.7 Å². The fraction of sp³-hybridized carbons (Fsp3) is 0. The first-order valence-electron chi connectivity index (χ1n) is 8.07. The maximum atomic E-state index is 12.3. The number of benzene rings is 2. The Hall–Kier alpha value is -2.46. The molecular weight excluding hydrogens is 501 g/mol. The zero-order valence-electron chi connectivity index (χ0n) is 14.3. The van der Waals surface area contributed by atoms with Gasteiger partial charge in [0.25, 0.3) is 5.91 Å². The molecule has 29 heavy (non-hydrogen) atoms. The topological polar surface area (TPSA) is 89.0 Å². The van der Waals surface area contributed by atoms with Crippen LogP contribution in [0.15, 0.2) is 53.0 Å². The van der Waals surface area contributed by atoms with Gasteiger partial charge in [-0.2, -0.15) is 0 Å². The van der Waals surface area contributed by atoms with Gasteiger partial charge in [0.2, 0.25) is 11.0 Å². The van der Waals surface area contributed by atoms with Crippen molar-refractivity contribution in [2.24, 2.45) is 0 Å². The molecule has 2 heterocycles. The highest BCUT2D eigenvalue weighted by atomic mass is 79.9. The van der Waals surface area contributed by atoms with Crippen LogP contribution in [-0.2, 0) is 0 Å². The molecule has 0 atom stereocenters. The van der Waals surface area contributed by atoms with Crippen molar-refractivity contribution in [3.05, 3.63) is 68.7 Å². The Balaban J connectivity index is 1.40. The van der Waals surface area contributed by atoms with E-state index in [-0.39, 0.29) is 16.6 Å². The van der Waals surface area contributed by atoms with Crippen LogP contribution >= 0.6 is 50.5 Å². The molecule has 7 nitrogen and oxygen atoms in total. The van der Waals surface area contributed by atoms with Crippen molar-refractivity contribution in [2.75, 3.05) is 5.43 Å². The molecular formula is C18H10BrCl2N5O2S. The van der Waals surface area contributed by atoms with Crippen LogP contribution < -0.4 is 15.6 Å². The van der Waals surface area contributed by atoms with Crippen molar-refractivity contribution >= 4 is 71.7 Å². The standard InChI is InChI=1S/C18H10BrCl2N5O2S/c19-9-4-5-11-14(8-9)29-18(22-11)26-25-17(27)12-6-7-15(24-23-12)28-13-3-1-2-10(20)16(13)21/h1-8H,(H,22,26)(H,25,27). The third kappa shape index (κ3) is 4.59. The summed E-state index contributed by atoms with van der Waals surface area (Å²) in [6, 6.07) is 13.7. The number of thiazole rings is 1. The number of amides is 1. The van der Waals surface area contributed by atoms with Gasteiger partial charge in [0.15, 0.2) is 5.69 Å². The molecule has 2 aromatic heterocycles. The summed E-state index contributed by atoms with van der Waals surface area (Å²) < 4.78 is 7.49. The summed E-state index contributed by atoms with van der Waals surface area (Å²) in [5.74, 6) is 0.0514. The number of ether oxygens (including phenoxy) is 1. The highest BCUT2D eigenvalue weighted by Gasteiger charge is 2.12. The van der Waals surface area contributed by atoms with Crippen LogP contribution in [0.5, 0.6) is 11.6 Å². The summed E-state index contributed by atoms with van der Waals surface area (Å²) in [4.78, 5) is 16.7. The van der Waals surface area contributed by atoms with Crippen LogP contribution in [0.25, 0.3) is 10.2 Å². The highest BCUT2D eigenvalue weighted by Crippen LogP contribution is 2.33. The third-order valence-electron chi connectivity index (χ3n) is 3.64. The number of carbonyl (C=O) groups is 1. The van der Waals surface area contributed by atoms with Gasteiger partial charge in [0.1, 0.15) is 10.8 Å². The average Bonchev–Trinajstić information content (AvgIpc) is 3.12. The minimum absolute atomic E-state index is 0.103. The molecule has 4 aromatic rings. The minimum Gasteiger partial charge on any atom is -0.436 e. The lowest BCUT2D eigenvalue weighted by molar-refractivity contribution is 0.0956. The molecule has 0 fully saturated rings. The normalized spacial score (nSPS) is 10.7. The Morgan fingerprint density at radius 2 is 1.97 bits per heavy atom. The number of nitrogens with one attached hydrogen (secondary N) is 2. The van der Waals surface area contributed by atoms with Gasteiger partial charge in [-0.05, 0) is 36.4 Å². The van der Waals surface area contributed by atoms with E-state index in [1.54, 1.807) is 18.2 Å². The van der Waals surface area contributed by atoms with Crippen LogP contribution in [-0.4, -0.2) is 21.1 Å². The maximum absolute atomic E-state index is 12.3. The third-order valence-corrected chi connectivity index (χ3v) is 5.87. The summed E-state index contributed by atoms with van der Waals surface area (Å²) in [6.07, 6.45) is 0. The van der Waals surface area contributed by atoms with Gasteiger partial charge in [-0.25, -0.2) is 4.98 Å². The maximum Gasteiger partial charge on any atom is 0.290 e. The van der Waals surface area contributed by atoms with E-state index in [1.807, 2.05) is 18.2 Å². The number of fused-ring (bicyclic) bond motifs is 1. The van der Waals surface area contributed by atoms with Gasteiger partial charge in [0.05, 0.1) is 15.2 Å². The molecule has 0 aliphatic carbocycles. The highest BCUT2D eigenvalue weighted by molar-refractivity contribution is 9.10. The Kier molecular flexibility index (Phi) is 5.81. The SMILES string of the molecule is O=C(NNc1nc2ccc(Br)cc2s1)c1ccc(Oc2cccc(Cl)c2Cl)nn1. The fourth-order valence-electron chi connectivity index (χ4n) is 2.30. The van der Waals surface area contributed by atoms with Gasteiger partial charge in [0, 0.05) is 10.5 Å². The first-order chi connectivity index (χ1) is 14.0. The van der Waals surface area contributed by atoms with E-state index in [0.29, 0.717) is 15.9 Å². The number of carbonyl (C=O) groups excluding carboxylic acids is 1.